The Kier molecular flexibility index (Phi) is 7.16. The van der Waals surface area contributed by atoms with E-state index < -0.39 is 0 Å². The number of anilines is 2. The molecule has 2 N–H and O–H groups in total. The maximum Gasteiger partial charge on any atom is 0.255 e. The number of nitrogens with zero attached hydrogens (tertiary/aromatic N) is 1. The predicted octanol–water partition coefficient (Wildman–Crippen LogP) is 5.92. The lowest BCUT2D eigenvalue weighted by molar-refractivity contribution is 0.0950. The molecule has 5 nitrogen and oxygen atoms in total. The van der Waals surface area contributed by atoms with Crippen LogP contribution in [0.5, 0.6) is 0 Å². The maximum absolute atomic E-state index is 13.1. The Morgan fingerprint density at radius 2 is 1.61 bits per heavy atom. The van der Waals surface area contributed by atoms with Crippen LogP contribution in [0.25, 0.3) is 0 Å². The average molecular weight is 486 g/mol. The molecule has 170 valence electrons. The van der Waals surface area contributed by atoms with E-state index in [1.54, 1.807) is 36.4 Å². The minimum atomic E-state index is -0.361. The molecule has 0 atom stereocenters. The summed E-state index contributed by atoms with van der Waals surface area (Å²) in [5, 5.41) is 6.36. The molecule has 2 amide bonds. The summed E-state index contributed by atoms with van der Waals surface area (Å²) in [5.74, 6) is -0.959. The van der Waals surface area contributed by atoms with Crippen LogP contribution in [0.1, 0.15) is 39.1 Å². The average Bonchev–Trinajstić information content (AvgIpc) is 3.35. The van der Waals surface area contributed by atoms with Crippen molar-refractivity contribution in [2.45, 2.75) is 19.4 Å². The van der Waals surface area contributed by atoms with Crippen molar-refractivity contribution in [2.24, 2.45) is 0 Å². The molecule has 3 aromatic rings. The van der Waals surface area contributed by atoms with Crippen LogP contribution in [-0.2, 0) is 6.54 Å². The molecule has 1 aliphatic heterocycles. The monoisotopic (exact) mass is 485 g/mol. The van der Waals surface area contributed by atoms with Gasteiger partial charge in [0.2, 0.25) is 0 Å². The van der Waals surface area contributed by atoms with E-state index in [2.05, 4.69) is 15.5 Å². The summed E-state index contributed by atoms with van der Waals surface area (Å²) >= 11 is 12.0. The van der Waals surface area contributed by atoms with Gasteiger partial charge < -0.3 is 15.5 Å². The maximum atomic E-state index is 13.1. The molecule has 1 heterocycles. The van der Waals surface area contributed by atoms with Gasteiger partial charge in [-0.05, 0) is 66.9 Å². The van der Waals surface area contributed by atoms with Crippen molar-refractivity contribution in [1.29, 1.82) is 0 Å². The third-order valence-electron chi connectivity index (χ3n) is 5.49. The zero-order chi connectivity index (χ0) is 23.4. The van der Waals surface area contributed by atoms with Crippen LogP contribution in [0.3, 0.4) is 0 Å². The summed E-state index contributed by atoms with van der Waals surface area (Å²) in [6.07, 6.45) is 2.12. The van der Waals surface area contributed by atoms with E-state index in [9.17, 15) is 14.0 Å². The highest BCUT2D eigenvalue weighted by molar-refractivity contribution is 6.42. The van der Waals surface area contributed by atoms with Crippen LogP contribution >= 0.6 is 23.2 Å². The summed E-state index contributed by atoms with van der Waals surface area (Å²) in [7, 11) is 0. The van der Waals surface area contributed by atoms with Crippen LogP contribution in [0.4, 0.5) is 15.8 Å². The standard InChI is InChI=1S/C25H22Cl2FN3O2/c26-21-9-5-17(13-22(21)27)24(32)30-19-8-10-23(31-11-1-2-12-31)20(14-19)25(33)29-15-16-3-6-18(28)7-4-16/h3-10,13-14H,1-2,11-12,15H2,(H,29,33)(H,30,32). The topological polar surface area (TPSA) is 61.4 Å². The van der Waals surface area contributed by atoms with E-state index in [-0.39, 0.29) is 29.2 Å². The number of amides is 2. The molecule has 3 aromatic carbocycles. The number of halogens is 3. The van der Waals surface area contributed by atoms with Crippen molar-refractivity contribution in [3.05, 3.63) is 93.2 Å². The second-order valence-electron chi connectivity index (χ2n) is 7.82. The number of hydrogen-bond acceptors (Lipinski definition) is 3. The normalized spacial score (nSPS) is 13.1. The van der Waals surface area contributed by atoms with E-state index in [1.165, 1.54) is 18.2 Å². The molecule has 1 aliphatic rings. The molecule has 0 aliphatic carbocycles. The first-order chi connectivity index (χ1) is 15.9. The van der Waals surface area contributed by atoms with Crippen LogP contribution in [0.2, 0.25) is 10.0 Å². The molecule has 33 heavy (non-hydrogen) atoms. The molecule has 8 heteroatoms. The largest absolute Gasteiger partial charge is 0.371 e. The minimum Gasteiger partial charge on any atom is -0.371 e. The molecule has 0 radical (unpaired) electrons. The van der Waals surface area contributed by atoms with E-state index in [0.717, 1.165) is 37.2 Å². The van der Waals surface area contributed by atoms with E-state index >= 15 is 0 Å². The zero-order valence-corrected chi connectivity index (χ0v) is 19.2. The summed E-state index contributed by atoms with van der Waals surface area (Å²) in [4.78, 5) is 27.9. The third kappa shape index (κ3) is 5.64. The number of carbonyl (C=O) groups is 2. The number of hydrogen-bond donors (Lipinski definition) is 2. The van der Waals surface area contributed by atoms with Crippen LogP contribution < -0.4 is 15.5 Å². The Hall–Kier alpha value is -3.09. The van der Waals surface area contributed by atoms with Crippen molar-refractivity contribution in [1.82, 2.24) is 5.32 Å². The highest BCUT2D eigenvalue weighted by Crippen LogP contribution is 2.28. The van der Waals surface area contributed by atoms with Gasteiger partial charge in [0.05, 0.1) is 15.6 Å². The smallest absolute Gasteiger partial charge is 0.255 e. The molecule has 0 saturated carbocycles. The number of benzene rings is 3. The fourth-order valence-electron chi connectivity index (χ4n) is 3.75. The van der Waals surface area contributed by atoms with E-state index in [1.807, 2.05) is 6.07 Å². The molecule has 0 bridgehead atoms. The van der Waals surface area contributed by atoms with E-state index in [4.69, 9.17) is 23.2 Å². The Morgan fingerprint density at radius 3 is 2.30 bits per heavy atom. The summed E-state index contributed by atoms with van der Waals surface area (Å²) < 4.78 is 13.1. The minimum absolute atomic E-state index is 0.262. The van der Waals surface area contributed by atoms with Gasteiger partial charge in [0, 0.05) is 36.6 Å². The quantitative estimate of drug-likeness (QED) is 0.455. The molecule has 0 unspecified atom stereocenters. The molecular weight excluding hydrogens is 464 g/mol. The number of rotatable bonds is 6. The first kappa shape index (κ1) is 23.1. The van der Waals surface area contributed by atoms with Crippen molar-refractivity contribution >= 4 is 46.4 Å². The van der Waals surface area contributed by atoms with Gasteiger partial charge in [-0.15, -0.1) is 0 Å². The first-order valence-corrected chi connectivity index (χ1v) is 11.3. The Bertz CT molecular complexity index is 1180. The first-order valence-electron chi connectivity index (χ1n) is 10.6. The SMILES string of the molecule is O=C(Nc1ccc(N2CCCC2)c(C(=O)NCc2ccc(F)cc2)c1)c1ccc(Cl)c(Cl)c1. The van der Waals surface area contributed by atoms with Crippen LogP contribution in [0.15, 0.2) is 60.7 Å². The van der Waals surface area contributed by atoms with Gasteiger partial charge in [-0.2, -0.15) is 0 Å². The van der Waals surface area contributed by atoms with Crippen molar-refractivity contribution < 1.29 is 14.0 Å². The van der Waals surface area contributed by atoms with Crippen molar-refractivity contribution in [3.63, 3.8) is 0 Å². The van der Waals surface area contributed by atoms with E-state index in [0.29, 0.717) is 21.8 Å². The van der Waals surface area contributed by atoms with Gasteiger partial charge in [-0.1, -0.05) is 35.3 Å². The predicted molar refractivity (Wildman–Crippen MR) is 130 cm³/mol. The summed E-state index contributed by atoms with van der Waals surface area (Å²) in [6, 6.07) is 15.9. The second-order valence-corrected chi connectivity index (χ2v) is 8.63. The lowest BCUT2D eigenvalue weighted by Crippen LogP contribution is -2.27. The molecule has 1 saturated heterocycles. The van der Waals surface area contributed by atoms with Crippen molar-refractivity contribution in [2.75, 3.05) is 23.3 Å². The zero-order valence-electron chi connectivity index (χ0n) is 17.7. The Balaban J connectivity index is 1.55. The van der Waals surface area contributed by atoms with Gasteiger partial charge in [0.1, 0.15) is 5.82 Å². The molecule has 0 spiro atoms. The highest BCUT2D eigenvalue weighted by atomic mass is 35.5. The van der Waals surface area contributed by atoms with Crippen molar-refractivity contribution in [3.8, 4) is 0 Å². The summed E-state index contributed by atoms with van der Waals surface area (Å²) in [6.45, 7) is 2.00. The highest BCUT2D eigenvalue weighted by Gasteiger charge is 2.21. The fourth-order valence-corrected chi connectivity index (χ4v) is 4.05. The lowest BCUT2D eigenvalue weighted by Gasteiger charge is -2.22. The van der Waals surface area contributed by atoms with Gasteiger partial charge in [0.25, 0.3) is 11.8 Å². The Labute approximate surface area is 201 Å². The van der Waals surface area contributed by atoms with Crippen LogP contribution in [0, 0.1) is 5.82 Å². The van der Waals surface area contributed by atoms with Crippen LogP contribution in [-0.4, -0.2) is 24.9 Å². The Morgan fingerprint density at radius 1 is 0.879 bits per heavy atom. The van der Waals surface area contributed by atoms with Gasteiger partial charge in [-0.25, -0.2) is 4.39 Å². The lowest BCUT2D eigenvalue weighted by atomic mass is 10.1. The van der Waals surface area contributed by atoms with Gasteiger partial charge in [-0.3, -0.25) is 9.59 Å². The third-order valence-corrected chi connectivity index (χ3v) is 6.23. The molecular formula is C25H22Cl2FN3O2. The van der Waals surface area contributed by atoms with Gasteiger partial charge >= 0.3 is 0 Å². The number of nitrogens with one attached hydrogen (secondary N) is 2. The number of carbonyl (C=O) groups excluding carboxylic acids is 2. The second kappa shape index (κ2) is 10.2. The summed E-state index contributed by atoms with van der Waals surface area (Å²) in [5.41, 5.74) is 2.91. The fraction of sp³-hybridized carbons (Fsp3) is 0.200. The molecule has 0 aromatic heterocycles. The van der Waals surface area contributed by atoms with Gasteiger partial charge in [0.15, 0.2) is 0 Å². The molecule has 4 rings (SSSR count). The molecule has 1 fully saturated rings.